The summed E-state index contributed by atoms with van der Waals surface area (Å²) >= 11 is 0. The van der Waals surface area contributed by atoms with Crippen molar-refractivity contribution in [2.24, 2.45) is 5.92 Å². The maximum Gasteiger partial charge on any atom is 0.234 e. The zero-order valence-electron chi connectivity index (χ0n) is 17.7. The van der Waals surface area contributed by atoms with Crippen molar-refractivity contribution in [1.82, 2.24) is 10.2 Å². The first kappa shape index (κ1) is 20.4. The molecule has 2 aromatic carbocycles. The molecule has 1 saturated carbocycles. The van der Waals surface area contributed by atoms with Gasteiger partial charge in [-0.2, -0.15) is 5.26 Å². The lowest BCUT2D eigenvalue weighted by atomic mass is 10.0. The molecule has 2 aromatic rings. The summed E-state index contributed by atoms with van der Waals surface area (Å²) in [6.45, 7) is 5.99. The van der Waals surface area contributed by atoms with Gasteiger partial charge in [0.05, 0.1) is 23.8 Å². The van der Waals surface area contributed by atoms with Gasteiger partial charge in [-0.15, -0.1) is 0 Å². The van der Waals surface area contributed by atoms with Gasteiger partial charge in [0, 0.05) is 26.2 Å². The van der Waals surface area contributed by atoms with Crippen LogP contribution < -0.4 is 10.2 Å². The molecule has 1 amide bonds. The van der Waals surface area contributed by atoms with Crippen LogP contribution in [0.15, 0.2) is 48.5 Å². The SMILES string of the molecule is Cc1ccc(C(NC(=O)CN2CCCN(c3ccccc3C#N)CC2)C2CC2)cc1. The molecule has 0 bridgehead atoms. The monoisotopic (exact) mass is 402 g/mol. The molecule has 2 fully saturated rings. The van der Waals surface area contributed by atoms with Crippen LogP contribution in [0.1, 0.15) is 42.0 Å². The zero-order chi connectivity index (χ0) is 20.9. The van der Waals surface area contributed by atoms with E-state index in [0.29, 0.717) is 18.0 Å². The Morgan fingerprint density at radius 1 is 1.10 bits per heavy atom. The highest BCUT2D eigenvalue weighted by Gasteiger charge is 2.33. The van der Waals surface area contributed by atoms with Gasteiger partial charge in [-0.3, -0.25) is 9.69 Å². The van der Waals surface area contributed by atoms with Crippen LogP contribution in [0.4, 0.5) is 5.69 Å². The summed E-state index contributed by atoms with van der Waals surface area (Å²) in [5, 5.41) is 12.7. The van der Waals surface area contributed by atoms with Gasteiger partial charge in [-0.25, -0.2) is 0 Å². The van der Waals surface area contributed by atoms with E-state index in [0.717, 1.165) is 38.3 Å². The van der Waals surface area contributed by atoms with Crippen LogP contribution >= 0.6 is 0 Å². The third-order valence-corrected chi connectivity index (χ3v) is 6.17. The molecule has 4 rings (SSSR count). The molecule has 1 unspecified atom stereocenters. The Labute approximate surface area is 179 Å². The van der Waals surface area contributed by atoms with Crippen LogP contribution in [0.3, 0.4) is 0 Å². The molecule has 1 N–H and O–H groups in total. The molecule has 1 atom stereocenters. The molecule has 0 aromatic heterocycles. The van der Waals surface area contributed by atoms with Crippen LogP contribution in [-0.2, 0) is 4.79 Å². The van der Waals surface area contributed by atoms with Gasteiger partial charge in [-0.05, 0) is 49.8 Å². The number of amides is 1. The number of nitrogens with one attached hydrogen (secondary N) is 1. The van der Waals surface area contributed by atoms with Gasteiger partial charge < -0.3 is 10.2 Å². The maximum absolute atomic E-state index is 12.8. The fourth-order valence-electron chi connectivity index (χ4n) is 4.31. The number of nitriles is 1. The van der Waals surface area contributed by atoms with Crippen molar-refractivity contribution in [2.45, 2.75) is 32.2 Å². The Morgan fingerprint density at radius 2 is 1.87 bits per heavy atom. The molecular formula is C25H30N4O. The molecule has 0 spiro atoms. The van der Waals surface area contributed by atoms with E-state index < -0.39 is 0 Å². The summed E-state index contributed by atoms with van der Waals surface area (Å²) in [5.41, 5.74) is 4.17. The number of hydrogen-bond acceptors (Lipinski definition) is 4. The lowest BCUT2D eigenvalue weighted by Gasteiger charge is -2.25. The first-order valence-corrected chi connectivity index (χ1v) is 11.0. The second-order valence-electron chi connectivity index (χ2n) is 8.54. The van der Waals surface area contributed by atoms with E-state index >= 15 is 0 Å². The molecule has 0 radical (unpaired) electrons. The molecule has 1 saturated heterocycles. The van der Waals surface area contributed by atoms with Crippen molar-refractivity contribution in [3.05, 3.63) is 65.2 Å². The summed E-state index contributed by atoms with van der Waals surface area (Å²) in [4.78, 5) is 17.4. The van der Waals surface area contributed by atoms with E-state index in [-0.39, 0.29) is 11.9 Å². The van der Waals surface area contributed by atoms with Crippen LogP contribution in [0, 0.1) is 24.2 Å². The van der Waals surface area contributed by atoms with Gasteiger partial charge in [0.2, 0.25) is 5.91 Å². The number of hydrogen-bond donors (Lipinski definition) is 1. The standard InChI is InChI=1S/C25H30N4O/c1-19-7-9-20(10-8-19)25(21-11-12-21)27-24(30)18-28-13-4-14-29(16-15-28)23-6-3-2-5-22(23)17-26/h2-3,5-10,21,25H,4,11-16,18H2,1H3,(H,27,30). The van der Waals surface area contributed by atoms with Gasteiger partial charge in [0.25, 0.3) is 0 Å². The lowest BCUT2D eigenvalue weighted by Crippen LogP contribution is -2.41. The second kappa shape index (κ2) is 9.32. The largest absolute Gasteiger partial charge is 0.369 e. The minimum Gasteiger partial charge on any atom is -0.369 e. The smallest absolute Gasteiger partial charge is 0.234 e. The highest BCUT2D eigenvalue weighted by molar-refractivity contribution is 5.78. The van der Waals surface area contributed by atoms with E-state index in [1.807, 2.05) is 24.3 Å². The third kappa shape index (κ3) is 5.01. The number of benzene rings is 2. The molecule has 2 aliphatic rings. The van der Waals surface area contributed by atoms with Gasteiger partial charge in [-0.1, -0.05) is 42.0 Å². The lowest BCUT2D eigenvalue weighted by molar-refractivity contribution is -0.123. The summed E-state index contributed by atoms with van der Waals surface area (Å²) in [6.07, 6.45) is 3.36. The second-order valence-corrected chi connectivity index (χ2v) is 8.54. The number of carbonyl (C=O) groups is 1. The maximum atomic E-state index is 12.8. The number of aryl methyl sites for hydroxylation is 1. The number of para-hydroxylation sites is 1. The Morgan fingerprint density at radius 3 is 2.60 bits per heavy atom. The van der Waals surface area contributed by atoms with Crippen molar-refractivity contribution in [1.29, 1.82) is 5.26 Å². The van der Waals surface area contributed by atoms with Crippen molar-refractivity contribution in [3.8, 4) is 6.07 Å². The average molecular weight is 403 g/mol. The van der Waals surface area contributed by atoms with Crippen LogP contribution in [0.2, 0.25) is 0 Å². The summed E-state index contributed by atoms with van der Waals surface area (Å²) < 4.78 is 0. The van der Waals surface area contributed by atoms with Gasteiger partial charge >= 0.3 is 0 Å². The number of carbonyl (C=O) groups excluding carboxylic acids is 1. The Bertz CT molecular complexity index is 913. The normalized spacial score (nSPS) is 18.3. The quantitative estimate of drug-likeness (QED) is 0.801. The fraction of sp³-hybridized carbons (Fsp3) is 0.440. The van der Waals surface area contributed by atoms with Crippen LogP contribution in [0.25, 0.3) is 0 Å². The Balaban J connectivity index is 1.34. The molecule has 1 aliphatic heterocycles. The first-order valence-electron chi connectivity index (χ1n) is 11.0. The number of rotatable bonds is 6. The molecule has 156 valence electrons. The predicted molar refractivity (Wildman–Crippen MR) is 119 cm³/mol. The zero-order valence-corrected chi connectivity index (χ0v) is 17.7. The fourth-order valence-corrected chi connectivity index (χ4v) is 4.31. The minimum absolute atomic E-state index is 0.110. The van der Waals surface area contributed by atoms with Gasteiger partial charge in [0.1, 0.15) is 6.07 Å². The molecule has 1 heterocycles. The summed E-state index contributed by atoms with van der Waals surface area (Å²) in [7, 11) is 0. The van der Waals surface area contributed by atoms with Crippen molar-refractivity contribution in [3.63, 3.8) is 0 Å². The van der Waals surface area contributed by atoms with Crippen LogP contribution in [-0.4, -0.2) is 43.5 Å². The Hall–Kier alpha value is -2.84. The molecule has 5 heteroatoms. The number of nitrogens with zero attached hydrogens (tertiary/aromatic N) is 3. The number of anilines is 1. The molecule has 30 heavy (non-hydrogen) atoms. The first-order chi connectivity index (χ1) is 14.6. The van der Waals surface area contributed by atoms with Gasteiger partial charge in [0.15, 0.2) is 0 Å². The summed E-state index contributed by atoms with van der Waals surface area (Å²) in [5.74, 6) is 0.678. The average Bonchev–Trinajstić information content (AvgIpc) is 3.61. The summed E-state index contributed by atoms with van der Waals surface area (Å²) in [6, 6.07) is 18.7. The van der Waals surface area contributed by atoms with E-state index in [2.05, 4.69) is 52.4 Å². The minimum atomic E-state index is 0.110. The highest BCUT2D eigenvalue weighted by atomic mass is 16.2. The highest BCUT2D eigenvalue weighted by Crippen LogP contribution is 2.41. The van der Waals surface area contributed by atoms with E-state index in [1.54, 1.807) is 0 Å². The van der Waals surface area contributed by atoms with Crippen molar-refractivity contribution in [2.75, 3.05) is 37.6 Å². The topological polar surface area (TPSA) is 59.4 Å². The van der Waals surface area contributed by atoms with E-state index in [9.17, 15) is 10.1 Å². The molecular weight excluding hydrogens is 372 g/mol. The molecule has 1 aliphatic carbocycles. The predicted octanol–water partition coefficient (Wildman–Crippen LogP) is 3.65. The van der Waals surface area contributed by atoms with Crippen molar-refractivity contribution < 1.29 is 4.79 Å². The van der Waals surface area contributed by atoms with Crippen LogP contribution in [0.5, 0.6) is 0 Å². The Kier molecular flexibility index (Phi) is 6.35. The third-order valence-electron chi connectivity index (χ3n) is 6.17. The van der Waals surface area contributed by atoms with E-state index in [1.165, 1.54) is 24.0 Å². The van der Waals surface area contributed by atoms with Crippen molar-refractivity contribution >= 4 is 11.6 Å². The van der Waals surface area contributed by atoms with E-state index in [4.69, 9.17) is 0 Å². The molecule has 5 nitrogen and oxygen atoms in total.